The van der Waals surface area contributed by atoms with E-state index in [4.69, 9.17) is 4.74 Å². The normalized spacial score (nSPS) is 41.8. The van der Waals surface area contributed by atoms with E-state index in [0.717, 1.165) is 17.3 Å². The lowest BCUT2D eigenvalue weighted by atomic mass is 9.70. The Morgan fingerprint density at radius 1 is 1.62 bits per heavy atom. The van der Waals surface area contributed by atoms with Crippen LogP contribution in [0.5, 0.6) is 0 Å². The minimum Gasteiger partial charge on any atom is -0.458 e. The summed E-state index contributed by atoms with van der Waals surface area (Å²) in [5.41, 5.74) is 0.0235. The summed E-state index contributed by atoms with van der Waals surface area (Å²) in [7, 11) is 0. The molecule has 74 valence electrons. The molecule has 0 aromatic rings. The number of hydrogen-bond donors (Lipinski definition) is 0. The van der Waals surface area contributed by atoms with Crippen molar-refractivity contribution in [3.8, 4) is 0 Å². The monoisotopic (exact) mass is 294 g/mol. The van der Waals surface area contributed by atoms with Crippen LogP contribution in [0.25, 0.3) is 0 Å². The predicted octanol–water partition coefficient (Wildman–Crippen LogP) is 2.54. The molecule has 3 heteroatoms. The van der Waals surface area contributed by atoms with Crippen LogP contribution in [0.1, 0.15) is 33.1 Å². The van der Waals surface area contributed by atoms with Crippen molar-refractivity contribution in [2.45, 2.75) is 38.7 Å². The molecule has 1 saturated heterocycles. The number of halogens is 1. The Morgan fingerprint density at radius 3 is 2.92 bits per heavy atom. The molecule has 1 saturated carbocycles. The summed E-state index contributed by atoms with van der Waals surface area (Å²) in [6.07, 6.45) is 2.84. The van der Waals surface area contributed by atoms with Crippen LogP contribution >= 0.6 is 22.6 Å². The maximum absolute atomic E-state index is 11.4. The van der Waals surface area contributed by atoms with Gasteiger partial charge in [-0.25, -0.2) is 0 Å². The molecular formula is C10H15IO2. The Kier molecular flexibility index (Phi) is 2.13. The van der Waals surface area contributed by atoms with Gasteiger partial charge in [0.1, 0.15) is 5.60 Å². The third-order valence-electron chi connectivity index (χ3n) is 4.03. The Balaban J connectivity index is 2.37. The van der Waals surface area contributed by atoms with E-state index in [9.17, 15) is 4.79 Å². The molecule has 0 radical (unpaired) electrons. The number of alkyl halides is 1. The lowest BCUT2D eigenvalue weighted by molar-refractivity contribution is -0.180. The number of fused-ring (bicyclic) bond motifs is 2. The lowest BCUT2D eigenvalue weighted by Crippen LogP contribution is -2.52. The van der Waals surface area contributed by atoms with Crippen molar-refractivity contribution < 1.29 is 9.53 Å². The molecule has 2 fully saturated rings. The van der Waals surface area contributed by atoms with Crippen molar-refractivity contribution >= 4 is 28.6 Å². The van der Waals surface area contributed by atoms with Gasteiger partial charge in [0.25, 0.3) is 0 Å². The summed E-state index contributed by atoms with van der Waals surface area (Å²) in [6, 6.07) is 0. The first kappa shape index (κ1) is 9.74. The topological polar surface area (TPSA) is 26.3 Å². The zero-order valence-electron chi connectivity index (χ0n) is 8.10. The third kappa shape index (κ3) is 1.15. The molecule has 0 amide bonds. The summed E-state index contributed by atoms with van der Waals surface area (Å²) in [4.78, 5) is 11.4. The molecule has 0 spiro atoms. The van der Waals surface area contributed by atoms with Crippen LogP contribution in [-0.4, -0.2) is 16.0 Å². The van der Waals surface area contributed by atoms with Gasteiger partial charge in [-0.3, -0.25) is 4.79 Å². The fraction of sp³-hybridized carbons (Fsp3) is 0.900. The van der Waals surface area contributed by atoms with Crippen molar-refractivity contribution in [1.82, 2.24) is 0 Å². The summed E-state index contributed by atoms with van der Waals surface area (Å²) in [5.74, 6) is 0.557. The van der Waals surface area contributed by atoms with Gasteiger partial charge in [0.05, 0.1) is 0 Å². The van der Waals surface area contributed by atoms with Crippen molar-refractivity contribution in [3.63, 3.8) is 0 Å². The van der Waals surface area contributed by atoms with E-state index >= 15 is 0 Å². The number of hydrogen-bond acceptors (Lipinski definition) is 2. The van der Waals surface area contributed by atoms with Crippen LogP contribution in [0.3, 0.4) is 0 Å². The molecule has 0 aromatic heterocycles. The zero-order valence-corrected chi connectivity index (χ0v) is 10.3. The first-order chi connectivity index (χ1) is 6.02. The van der Waals surface area contributed by atoms with Gasteiger partial charge in [-0.1, -0.05) is 36.4 Å². The van der Waals surface area contributed by atoms with Crippen LogP contribution in [0.4, 0.5) is 0 Å². The Bertz CT molecular complexity index is 249. The second-order valence-corrected chi connectivity index (χ2v) is 5.53. The predicted molar refractivity (Wildman–Crippen MR) is 58.8 cm³/mol. The molecule has 2 nitrogen and oxygen atoms in total. The molecule has 0 N–H and O–H groups in total. The van der Waals surface area contributed by atoms with Gasteiger partial charge in [-0.2, -0.15) is 0 Å². The Hall–Kier alpha value is 0.200. The largest absolute Gasteiger partial charge is 0.458 e. The van der Waals surface area contributed by atoms with Gasteiger partial charge in [-0.15, -0.1) is 0 Å². The molecule has 2 aliphatic rings. The molecule has 2 rings (SSSR count). The van der Waals surface area contributed by atoms with Gasteiger partial charge < -0.3 is 4.74 Å². The zero-order chi connectivity index (χ0) is 9.69. The smallest absolute Gasteiger partial charge is 0.306 e. The highest BCUT2D eigenvalue weighted by molar-refractivity contribution is 14.1. The maximum Gasteiger partial charge on any atom is 0.306 e. The number of esters is 1. The van der Waals surface area contributed by atoms with E-state index < -0.39 is 0 Å². The maximum atomic E-state index is 11.4. The fourth-order valence-electron chi connectivity index (χ4n) is 2.73. The minimum atomic E-state index is -0.159. The summed E-state index contributed by atoms with van der Waals surface area (Å²) >= 11 is 2.34. The number of carbonyl (C=O) groups excluding carboxylic acids is 1. The average Bonchev–Trinajstić information content (AvgIpc) is 2.23. The van der Waals surface area contributed by atoms with E-state index in [2.05, 4.69) is 36.4 Å². The molecule has 1 heterocycles. The van der Waals surface area contributed by atoms with E-state index in [1.54, 1.807) is 0 Å². The van der Waals surface area contributed by atoms with E-state index in [-0.39, 0.29) is 17.0 Å². The molecule has 2 atom stereocenters. The van der Waals surface area contributed by atoms with Crippen molar-refractivity contribution in [3.05, 3.63) is 0 Å². The molecule has 1 aliphatic carbocycles. The SMILES string of the molecule is CC1(C)C2CCC1(CI)OC(=O)C2. The lowest BCUT2D eigenvalue weighted by Gasteiger charge is -2.45. The van der Waals surface area contributed by atoms with Gasteiger partial charge in [0, 0.05) is 16.3 Å². The molecular weight excluding hydrogens is 279 g/mol. The highest BCUT2D eigenvalue weighted by atomic mass is 127. The third-order valence-corrected chi connectivity index (χ3v) is 5.26. The second-order valence-electron chi connectivity index (χ2n) is 4.76. The molecule has 0 aromatic carbocycles. The molecule has 2 bridgehead atoms. The van der Waals surface area contributed by atoms with Gasteiger partial charge in [0.2, 0.25) is 0 Å². The van der Waals surface area contributed by atoms with Crippen molar-refractivity contribution in [1.29, 1.82) is 0 Å². The summed E-state index contributed by atoms with van der Waals surface area (Å²) in [5, 5.41) is 0. The molecule has 1 aliphatic heterocycles. The van der Waals surface area contributed by atoms with E-state index in [0.29, 0.717) is 12.3 Å². The van der Waals surface area contributed by atoms with Crippen LogP contribution in [0.15, 0.2) is 0 Å². The Labute approximate surface area is 92.5 Å². The highest BCUT2D eigenvalue weighted by Gasteiger charge is 2.59. The van der Waals surface area contributed by atoms with E-state index in [1.807, 2.05) is 0 Å². The van der Waals surface area contributed by atoms with Crippen LogP contribution in [0, 0.1) is 11.3 Å². The summed E-state index contributed by atoms with van der Waals surface area (Å²) < 4.78 is 6.51. The molecule has 13 heavy (non-hydrogen) atoms. The average molecular weight is 294 g/mol. The first-order valence-corrected chi connectivity index (χ1v) is 6.32. The van der Waals surface area contributed by atoms with Crippen LogP contribution in [0.2, 0.25) is 0 Å². The van der Waals surface area contributed by atoms with Gasteiger partial charge in [0.15, 0.2) is 0 Å². The van der Waals surface area contributed by atoms with E-state index in [1.165, 1.54) is 0 Å². The summed E-state index contributed by atoms with van der Waals surface area (Å²) in [6.45, 7) is 4.49. The Morgan fingerprint density at radius 2 is 2.31 bits per heavy atom. The standard InChI is InChI=1S/C10H15IO2/c1-9(2)7-3-4-10(9,6-11)13-8(12)5-7/h7H,3-6H2,1-2H3. The highest BCUT2D eigenvalue weighted by Crippen LogP contribution is 2.57. The van der Waals surface area contributed by atoms with Crippen molar-refractivity contribution in [2.75, 3.05) is 4.43 Å². The van der Waals surface area contributed by atoms with Gasteiger partial charge in [-0.05, 0) is 18.8 Å². The number of rotatable bonds is 1. The van der Waals surface area contributed by atoms with Gasteiger partial charge >= 0.3 is 5.97 Å². The minimum absolute atomic E-state index is 0.0125. The number of carbonyl (C=O) groups is 1. The quantitative estimate of drug-likeness (QED) is 0.422. The molecule has 2 unspecified atom stereocenters. The van der Waals surface area contributed by atoms with Crippen molar-refractivity contribution in [2.24, 2.45) is 11.3 Å². The van der Waals surface area contributed by atoms with Crippen LogP contribution < -0.4 is 0 Å². The second kappa shape index (κ2) is 2.84. The van der Waals surface area contributed by atoms with Crippen LogP contribution in [-0.2, 0) is 9.53 Å². The number of ether oxygens (including phenoxy) is 1. The first-order valence-electron chi connectivity index (χ1n) is 4.80. The fourth-order valence-corrected chi connectivity index (χ4v) is 4.25.